The number of halogens is 1. The van der Waals surface area contributed by atoms with Gasteiger partial charge in [-0.2, -0.15) is 0 Å². The lowest BCUT2D eigenvalue weighted by molar-refractivity contribution is -0.146. The summed E-state index contributed by atoms with van der Waals surface area (Å²) in [6, 6.07) is 0.348. The van der Waals surface area contributed by atoms with Gasteiger partial charge < -0.3 is 20.3 Å². The average molecular weight is 438 g/mol. The minimum Gasteiger partial charge on any atom is -0.469 e. The minimum atomic E-state index is -0.183. The maximum absolute atomic E-state index is 11.8. The van der Waals surface area contributed by atoms with Gasteiger partial charge in [-0.1, -0.05) is 6.92 Å². The highest BCUT2D eigenvalue weighted by molar-refractivity contribution is 14.0. The smallest absolute Gasteiger partial charge is 0.310 e. The van der Waals surface area contributed by atoms with Gasteiger partial charge in [-0.15, -0.1) is 24.0 Å². The van der Waals surface area contributed by atoms with E-state index in [4.69, 9.17) is 4.74 Å². The van der Waals surface area contributed by atoms with E-state index >= 15 is 0 Å². The molecule has 0 aromatic rings. The van der Waals surface area contributed by atoms with E-state index in [0.717, 1.165) is 25.9 Å². The molecular formula is C15H27IN4O3. The van der Waals surface area contributed by atoms with Gasteiger partial charge in [0.2, 0.25) is 5.91 Å². The predicted octanol–water partition coefficient (Wildman–Crippen LogP) is 0.589. The van der Waals surface area contributed by atoms with Crippen LogP contribution in [0.4, 0.5) is 0 Å². The molecule has 1 aliphatic heterocycles. The van der Waals surface area contributed by atoms with Crippen LogP contribution in [0, 0.1) is 11.8 Å². The zero-order valence-corrected chi connectivity index (χ0v) is 16.3. The number of amides is 1. The molecule has 0 radical (unpaired) electrons. The molecule has 2 aliphatic rings. The molecule has 2 rings (SSSR count). The largest absolute Gasteiger partial charge is 0.469 e. The van der Waals surface area contributed by atoms with Crippen LogP contribution in [0.2, 0.25) is 0 Å². The molecule has 7 nitrogen and oxygen atoms in total. The Hall–Kier alpha value is -1.06. The van der Waals surface area contributed by atoms with Crippen molar-refractivity contribution in [1.29, 1.82) is 0 Å². The first-order valence-electron chi connectivity index (χ1n) is 7.95. The van der Waals surface area contributed by atoms with E-state index in [2.05, 4.69) is 15.6 Å². The van der Waals surface area contributed by atoms with Gasteiger partial charge in [-0.3, -0.25) is 9.59 Å². The highest BCUT2D eigenvalue weighted by Crippen LogP contribution is 2.24. The van der Waals surface area contributed by atoms with Gasteiger partial charge in [-0.25, -0.2) is 4.99 Å². The number of esters is 1. The summed E-state index contributed by atoms with van der Waals surface area (Å²) in [7, 11) is 1.42. The number of nitrogens with one attached hydrogen (secondary N) is 2. The Balaban J connectivity index is 0.00000264. The van der Waals surface area contributed by atoms with E-state index in [-0.39, 0.29) is 54.2 Å². The predicted molar refractivity (Wildman–Crippen MR) is 98.8 cm³/mol. The molecule has 1 saturated heterocycles. The summed E-state index contributed by atoms with van der Waals surface area (Å²) in [6.07, 6.45) is 2.14. The quantitative estimate of drug-likeness (QED) is 0.284. The van der Waals surface area contributed by atoms with Crippen molar-refractivity contribution >= 4 is 41.8 Å². The highest BCUT2D eigenvalue weighted by Gasteiger charge is 2.36. The second kappa shape index (κ2) is 9.29. The van der Waals surface area contributed by atoms with Crippen LogP contribution < -0.4 is 10.6 Å². The molecule has 1 saturated carbocycles. The van der Waals surface area contributed by atoms with Crippen molar-refractivity contribution in [2.45, 2.75) is 32.7 Å². The van der Waals surface area contributed by atoms with Crippen molar-refractivity contribution in [3.05, 3.63) is 0 Å². The van der Waals surface area contributed by atoms with Crippen LogP contribution in [0.15, 0.2) is 4.99 Å². The molecule has 1 heterocycles. The number of carbonyl (C=O) groups is 2. The Bertz CT molecular complexity index is 454. The van der Waals surface area contributed by atoms with Gasteiger partial charge in [-0.05, 0) is 25.7 Å². The van der Waals surface area contributed by atoms with Crippen molar-refractivity contribution in [2.24, 2.45) is 16.8 Å². The Morgan fingerprint density at radius 1 is 1.30 bits per heavy atom. The van der Waals surface area contributed by atoms with Crippen LogP contribution in [-0.2, 0) is 14.3 Å². The number of guanidine groups is 1. The van der Waals surface area contributed by atoms with Gasteiger partial charge in [0.15, 0.2) is 5.96 Å². The summed E-state index contributed by atoms with van der Waals surface area (Å²) < 4.78 is 4.85. The minimum absolute atomic E-state index is 0. The average Bonchev–Trinajstić information content (AvgIpc) is 3.22. The van der Waals surface area contributed by atoms with Crippen LogP contribution in [-0.4, -0.2) is 62.1 Å². The molecule has 0 spiro atoms. The molecular weight excluding hydrogens is 411 g/mol. The second-order valence-electron chi connectivity index (χ2n) is 6.02. The number of methoxy groups -OCH3 is 1. The zero-order chi connectivity index (χ0) is 16.1. The Kier molecular flexibility index (Phi) is 8.07. The number of carbonyl (C=O) groups excluding carboxylic acids is 2. The summed E-state index contributed by atoms with van der Waals surface area (Å²) in [6.45, 7) is 6.16. The van der Waals surface area contributed by atoms with Crippen molar-refractivity contribution in [3.8, 4) is 0 Å². The lowest BCUT2D eigenvalue weighted by Gasteiger charge is -2.21. The highest BCUT2D eigenvalue weighted by atomic mass is 127. The summed E-state index contributed by atoms with van der Waals surface area (Å²) in [5, 5.41) is 6.11. The molecule has 0 bridgehead atoms. The Morgan fingerprint density at radius 3 is 2.57 bits per heavy atom. The molecule has 2 fully saturated rings. The molecule has 23 heavy (non-hydrogen) atoms. The number of ether oxygens (including phenoxy) is 1. The van der Waals surface area contributed by atoms with E-state index in [0.29, 0.717) is 18.5 Å². The standard InChI is InChI=1S/C15H26N4O3.HI/c1-4-16-15(17-7-13(20)18-11-5-6-11)19-8-10(2)12(9-19)14(21)22-3;/h10-12H,4-9H2,1-3H3,(H,16,17)(H,18,20);1H. The first-order chi connectivity index (χ1) is 10.5. The summed E-state index contributed by atoms with van der Waals surface area (Å²) >= 11 is 0. The molecule has 0 aromatic heterocycles. The third-order valence-corrected chi connectivity index (χ3v) is 4.07. The second-order valence-corrected chi connectivity index (χ2v) is 6.02. The van der Waals surface area contributed by atoms with E-state index in [1.165, 1.54) is 7.11 Å². The first-order valence-corrected chi connectivity index (χ1v) is 7.95. The molecule has 8 heteroatoms. The molecule has 0 aromatic carbocycles. The van der Waals surface area contributed by atoms with Crippen LogP contribution in [0.3, 0.4) is 0 Å². The number of hydrogen-bond acceptors (Lipinski definition) is 4. The van der Waals surface area contributed by atoms with Gasteiger partial charge in [0, 0.05) is 25.7 Å². The van der Waals surface area contributed by atoms with E-state index < -0.39 is 0 Å². The third-order valence-electron chi connectivity index (χ3n) is 4.07. The zero-order valence-electron chi connectivity index (χ0n) is 14.0. The fourth-order valence-corrected chi connectivity index (χ4v) is 2.67. The van der Waals surface area contributed by atoms with Gasteiger partial charge in [0.05, 0.1) is 13.0 Å². The maximum Gasteiger partial charge on any atom is 0.310 e. The molecule has 2 N–H and O–H groups in total. The molecule has 1 aliphatic carbocycles. The monoisotopic (exact) mass is 438 g/mol. The van der Waals surface area contributed by atoms with Gasteiger partial charge in [0.25, 0.3) is 0 Å². The number of rotatable bonds is 5. The van der Waals surface area contributed by atoms with Crippen molar-refractivity contribution in [3.63, 3.8) is 0 Å². The normalized spacial score (nSPS) is 24.0. The fraction of sp³-hybridized carbons (Fsp3) is 0.800. The number of hydrogen-bond donors (Lipinski definition) is 2. The molecule has 132 valence electrons. The molecule has 2 atom stereocenters. The summed E-state index contributed by atoms with van der Waals surface area (Å²) in [5.41, 5.74) is 0. The van der Waals surface area contributed by atoms with Crippen molar-refractivity contribution < 1.29 is 14.3 Å². The fourth-order valence-electron chi connectivity index (χ4n) is 2.67. The number of nitrogens with zero attached hydrogens (tertiary/aromatic N) is 2. The Labute approximate surface area is 154 Å². The maximum atomic E-state index is 11.8. The van der Waals surface area contributed by atoms with Crippen molar-refractivity contribution in [2.75, 3.05) is 33.3 Å². The Morgan fingerprint density at radius 2 is 2.00 bits per heavy atom. The van der Waals surface area contributed by atoms with E-state index in [1.807, 2.05) is 18.7 Å². The molecule has 2 unspecified atom stereocenters. The van der Waals surface area contributed by atoms with Crippen molar-refractivity contribution in [1.82, 2.24) is 15.5 Å². The van der Waals surface area contributed by atoms with E-state index in [1.54, 1.807) is 0 Å². The number of likely N-dealkylation sites (tertiary alicyclic amines) is 1. The summed E-state index contributed by atoms with van der Waals surface area (Å²) in [4.78, 5) is 30.0. The SMILES string of the molecule is CCNC(=NCC(=O)NC1CC1)N1CC(C)C(C(=O)OC)C1.I. The lowest BCUT2D eigenvalue weighted by Crippen LogP contribution is -2.41. The van der Waals surface area contributed by atoms with Crippen LogP contribution >= 0.6 is 24.0 Å². The van der Waals surface area contributed by atoms with E-state index in [9.17, 15) is 9.59 Å². The van der Waals surface area contributed by atoms with Gasteiger partial charge in [0.1, 0.15) is 6.54 Å². The topological polar surface area (TPSA) is 83.0 Å². The summed E-state index contributed by atoms with van der Waals surface area (Å²) in [5.74, 6) is 0.518. The van der Waals surface area contributed by atoms with Gasteiger partial charge >= 0.3 is 5.97 Å². The van der Waals surface area contributed by atoms with Crippen LogP contribution in [0.1, 0.15) is 26.7 Å². The first kappa shape index (κ1) is 20.0. The lowest BCUT2D eigenvalue weighted by atomic mass is 9.99. The molecule has 1 amide bonds. The number of aliphatic imine (C=N–C) groups is 1. The van der Waals surface area contributed by atoms with Crippen LogP contribution in [0.5, 0.6) is 0 Å². The third kappa shape index (κ3) is 5.82. The van der Waals surface area contributed by atoms with Crippen LogP contribution in [0.25, 0.3) is 0 Å².